The van der Waals surface area contributed by atoms with E-state index in [-0.39, 0.29) is 12.0 Å². The van der Waals surface area contributed by atoms with Crippen LogP contribution in [0.1, 0.15) is 36.1 Å². The highest BCUT2D eigenvalue weighted by molar-refractivity contribution is 5.55. The highest BCUT2D eigenvalue weighted by Gasteiger charge is 2.41. The molecule has 1 aromatic heterocycles. The molecule has 0 atom stereocenters. The number of anilines is 1. The number of fused-ring (bicyclic) bond motifs is 1. The second-order valence-corrected chi connectivity index (χ2v) is 5.47. The number of nitriles is 1. The Bertz CT molecular complexity index is 515. The van der Waals surface area contributed by atoms with Gasteiger partial charge in [0.2, 0.25) is 0 Å². The third kappa shape index (κ3) is 1.95. The van der Waals surface area contributed by atoms with Gasteiger partial charge >= 0.3 is 0 Å². The number of aliphatic hydroxyl groups is 1. The summed E-state index contributed by atoms with van der Waals surface area (Å²) in [5.74, 6) is 0.692. The molecule has 1 heterocycles. The Kier molecular flexibility index (Phi) is 2.71. The van der Waals surface area contributed by atoms with Crippen molar-refractivity contribution in [1.29, 1.82) is 5.26 Å². The van der Waals surface area contributed by atoms with E-state index in [2.05, 4.69) is 16.4 Å². The fraction of sp³-hybridized carbons (Fsp3) is 0.571. The van der Waals surface area contributed by atoms with Crippen LogP contribution in [0, 0.1) is 16.7 Å². The number of nitrogens with one attached hydrogen (secondary N) is 1. The predicted octanol–water partition coefficient (Wildman–Crippen LogP) is 1.63. The van der Waals surface area contributed by atoms with E-state index in [4.69, 9.17) is 0 Å². The van der Waals surface area contributed by atoms with E-state index in [9.17, 15) is 10.4 Å². The van der Waals surface area contributed by atoms with E-state index in [1.54, 1.807) is 0 Å². The lowest BCUT2D eigenvalue weighted by Crippen LogP contribution is -2.20. The molecule has 3 rings (SSSR count). The number of aromatic nitrogens is 1. The topological polar surface area (TPSA) is 68.9 Å². The maximum absolute atomic E-state index is 9.29. The van der Waals surface area contributed by atoms with E-state index in [0.29, 0.717) is 17.9 Å². The molecule has 0 aromatic carbocycles. The Morgan fingerprint density at radius 2 is 2.28 bits per heavy atom. The highest BCUT2D eigenvalue weighted by Crippen LogP contribution is 2.45. The van der Waals surface area contributed by atoms with Crippen LogP contribution in [0.25, 0.3) is 0 Å². The molecule has 4 heteroatoms. The van der Waals surface area contributed by atoms with Gasteiger partial charge in [-0.1, -0.05) is 0 Å². The lowest BCUT2D eigenvalue weighted by atomic mass is 10.1. The normalized spacial score (nSPS) is 19.1. The molecule has 1 aromatic rings. The molecule has 94 valence electrons. The first-order chi connectivity index (χ1) is 8.76. The molecule has 0 unspecified atom stereocenters. The summed E-state index contributed by atoms with van der Waals surface area (Å²) in [5.41, 5.74) is 3.02. The van der Waals surface area contributed by atoms with Gasteiger partial charge in [0, 0.05) is 17.7 Å². The van der Waals surface area contributed by atoms with Crippen molar-refractivity contribution in [2.45, 2.75) is 32.1 Å². The second-order valence-electron chi connectivity index (χ2n) is 5.47. The summed E-state index contributed by atoms with van der Waals surface area (Å²) in [4.78, 5) is 4.57. The van der Waals surface area contributed by atoms with Gasteiger partial charge in [-0.15, -0.1) is 0 Å². The number of nitrogens with zero attached hydrogens (tertiary/aromatic N) is 2. The molecule has 2 aliphatic carbocycles. The Hall–Kier alpha value is -1.60. The van der Waals surface area contributed by atoms with Crippen LogP contribution >= 0.6 is 0 Å². The van der Waals surface area contributed by atoms with Crippen molar-refractivity contribution < 1.29 is 5.11 Å². The van der Waals surface area contributed by atoms with E-state index in [1.807, 2.05) is 6.07 Å². The van der Waals surface area contributed by atoms with Crippen LogP contribution in [-0.4, -0.2) is 23.2 Å². The van der Waals surface area contributed by atoms with Crippen molar-refractivity contribution in [3.63, 3.8) is 0 Å². The summed E-state index contributed by atoms with van der Waals surface area (Å²) in [6.07, 6.45) is 5.31. The van der Waals surface area contributed by atoms with Crippen molar-refractivity contribution in [2.75, 3.05) is 18.5 Å². The lowest BCUT2D eigenvalue weighted by molar-refractivity contribution is 0.219. The molecule has 0 bridgehead atoms. The number of aryl methyl sites for hydroxylation is 2. The third-order valence-corrected chi connectivity index (χ3v) is 4.09. The molecule has 0 saturated heterocycles. The Labute approximate surface area is 107 Å². The van der Waals surface area contributed by atoms with Crippen molar-refractivity contribution in [1.82, 2.24) is 4.98 Å². The molecular weight excluding hydrogens is 226 g/mol. The smallest absolute Gasteiger partial charge is 0.144 e. The Balaban J connectivity index is 1.81. The lowest BCUT2D eigenvalue weighted by Gasteiger charge is -2.15. The zero-order valence-corrected chi connectivity index (χ0v) is 10.4. The zero-order valence-electron chi connectivity index (χ0n) is 10.4. The van der Waals surface area contributed by atoms with Crippen LogP contribution in [0.15, 0.2) is 6.07 Å². The molecule has 0 aliphatic heterocycles. The van der Waals surface area contributed by atoms with Crippen LogP contribution in [0.3, 0.4) is 0 Å². The molecule has 0 spiro atoms. The first-order valence-electron chi connectivity index (χ1n) is 6.54. The second kappa shape index (κ2) is 4.25. The Morgan fingerprint density at radius 1 is 1.44 bits per heavy atom. The molecule has 18 heavy (non-hydrogen) atoms. The van der Waals surface area contributed by atoms with E-state index < -0.39 is 0 Å². The van der Waals surface area contributed by atoms with E-state index >= 15 is 0 Å². The molecule has 4 nitrogen and oxygen atoms in total. The molecule has 1 fully saturated rings. The summed E-state index contributed by atoms with van der Waals surface area (Å²) in [6, 6.07) is 4.18. The van der Waals surface area contributed by atoms with Crippen LogP contribution in [0.5, 0.6) is 0 Å². The summed E-state index contributed by atoms with van der Waals surface area (Å²) in [5, 5.41) is 21.7. The van der Waals surface area contributed by atoms with Crippen LogP contribution in [-0.2, 0) is 12.8 Å². The largest absolute Gasteiger partial charge is 0.396 e. The highest BCUT2D eigenvalue weighted by atomic mass is 16.3. The van der Waals surface area contributed by atoms with Gasteiger partial charge in [-0.25, -0.2) is 4.98 Å². The molecular formula is C14H17N3O. The van der Waals surface area contributed by atoms with Crippen molar-refractivity contribution >= 4 is 5.82 Å². The Morgan fingerprint density at radius 3 is 2.94 bits per heavy atom. The van der Waals surface area contributed by atoms with Crippen LogP contribution in [0.4, 0.5) is 5.82 Å². The summed E-state index contributed by atoms with van der Waals surface area (Å²) in [6.45, 7) is 0.927. The third-order valence-electron chi connectivity index (χ3n) is 4.09. The maximum Gasteiger partial charge on any atom is 0.144 e. The molecule has 0 radical (unpaired) electrons. The van der Waals surface area contributed by atoms with Crippen molar-refractivity contribution in [2.24, 2.45) is 5.41 Å². The summed E-state index contributed by atoms with van der Waals surface area (Å²) in [7, 11) is 0. The fourth-order valence-corrected chi connectivity index (χ4v) is 2.53. The van der Waals surface area contributed by atoms with Gasteiger partial charge in [0.05, 0.1) is 12.2 Å². The average molecular weight is 243 g/mol. The SMILES string of the molecule is N#Cc1cc2c(nc1NCC1(CO)CC1)CCC2. The molecule has 1 saturated carbocycles. The number of aliphatic hydroxyl groups excluding tert-OH is 1. The van der Waals surface area contributed by atoms with Crippen molar-refractivity contribution in [3.8, 4) is 6.07 Å². The molecule has 2 aliphatic rings. The van der Waals surface area contributed by atoms with Gasteiger partial charge in [0.1, 0.15) is 11.9 Å². The minimum atomic E-state index is 0.0351. The van der Waals surface area contributed by atoms with Gasteiger partial charge in [0.25, 0.3) is 0 Å². The van der Waals surface area contributed by atoms with E-state index in [0.717, 1.165) is 37.8 Å². The minimum absolute atomic E-state index is 0.0351. The first-order valence-corrected chi connectivity index (χ1v) is 6.54. The van der Waals surface area contributed by atoms with E-state index in [1.165, 1.54) is 5.56 Å². The van der Waals surface area contributed by atoms with Crippen molar-refractivity contribution in [3.05, 3.63) is 22.9 Å². The number of hydrogen-bond acceptors (Lipinski definition) is 4. The minimum Gasteiger partial charge on any atom is -0.396 e. The van der Waals surface area contributed by atoms with Gasteiger partial charge < -0.3 is 10.4 Å². The average Bonchev–Trinajstić information content (AvgIpc) is 3.05. The van der Waals surface area contributed by atoms with Gasteiger partial charge in [-0.2, -0.15) is 5.26 Å². The predicted molar refractivity (Wildman–Crippen MR) is 68.2 cm³/mol. The standard InChI is InChI=1S/C14H17N3O/c15-7-11-6-10-2-1-3-12(10)17-13(11)16-8-14(9-18)4-5-14/h6,18H,1-5,8-9H2,(H,16,17). The van der Waals surface area contributed by atoms with Gasteiger partial charge in [-0.05, 0) is 43.7 Å². The van der Waals surface area contributed by atoms with Crippen LogP contribution in [0.2, 0.25) is 0 Å². The number of rotatable bonds is 4. The molecule has 2 N–H and O–H groups in total. The maximum atomic E-state index is 9.29. The van der Waals surface area contributed by atoms with Gasteiger partial charge in [0.15, 0.2) is 0 Å². The fourth-order valence-electron chi connectivity index (χ4n) is 2.53. The first kappa shape index (κ1) is 11.5. The summed E-state index contributed by atoms with van der Waals surface area (Å²) < 4.78 is 0. The monoisotopic (exact) mass is 243 g/mol. The summed E-state index contributed by atoms with van der Waals surface area (Å²) >= 11 is 0. The quantitative estimate of drug-likeness (QED) is 0.843. The zero-order chi connectivity index (χ0) is 12.6. The molecule has 0 amide bonds. The number of hydrogen-bond donors (Lipinski definition) is 2. The van der Waals surface area contributed by atoms with Gasteiger partial charge in [-0.3, -0.25) is 0 Å². The van der Waals surface area contributed by atoms with Crippen LogP contribution < -0.4 is 5.32 Å². The number of pyridine rings is 1.